The van der Waals surface area contributed by atoms with Gasteiger partial charge in [0, 0.05) is 24.7 Å². The van der Waals surface area contributed by atoms with E-state index in [0.29, 0.717) is 5.41 Å². The number of hydrogen-bond donors (Lipinski definition) is 2. The van der Waals surface area contributed by atoms with Crippen molar-refractivity contribution in [1.29, 1.82) is 5.41 Å². The van der Waals surface area contributed by atoms with Gasteiger partial charge in [-0.05, 0) is 36.3 Å². The molecule has 0 radical (unpaired) electrons. The molecule has 4 nitrogen and oxygen atoms in total. The molecule has 21 heavy (non-hydrogen) atoms. The molecule has 2 rings (SSSR count). The van der Waals surface area contributed by atoms with Crippen molar-refractivity contribution < 1.29 is 4.74 Å². The van der Waals surface area contributed by atoms with Crippen LogP contribution in [0.3, 0.4) is 0 Å². The second-order valence-electron chi connectivity index (χ2n) is 6.92. The minimum absolute atomic E-state index is 0.116. The van der Waals surface area contributed by atoms with Gasteiger partial charge < -0.3 is 15.4 Å². The van der Waals surface area contributed by atoms with Gasteiger partial charge >= 0.3 is 0 Å². The van der Waals surface area contributed by atoms with E-state index in [2.05, 4.69) is 25.7 Å². The number of amidine groups is 1. The monoisotopic (exact) mass is 289 g/mol. The van der Waals surface area contributed by atoms with Gasteiger partial charge in [-0.15, -0.1) is 0 Å². The molecule has 0 aliphatic carbocycles. The van der Waals surface area contributed by atoms with Crippen molar-refractivity contribution in [3.05, 3.63) is 23.8 Å². The fourth-order valence-electron chi connectivity index (χ4n) is 3.11. The van der Waals surface area contributed by atoms with Gasteiger partial charge in [0.2, 0.25) is 0 Å². The van der Waals surface area contributed by atoms with Gasteiger partial charge in [0.15, 0.2) is 0 Å². The van der Waals surface area contributed by atoms with Crippen molar-refractivity contribution in [3.8, 4) is 5.75 Å². The SMILES string of the molecule is COc1ccc(C(=N)N)c(N2CCC(C(C)(C)C)CC2)c1. The van der Waals surface area contributed by atoms with Crippen LogP contribution in [0.25, 0.3) is 0 Å². The second-order valence-corrected chi connectivity index (χ2v) is 6.92. The summed E-state index contributed by atoms with van der Waals surface area (Å²) >= 11 is 0. The Morgan fingerprint density at radius 2 is 1.90 bits per heavy atom. The zero-order valence-corrected chi connectivity index (χ0v) is 13.6. The topological polar surface area (TPSA) is 62.3 Å². The first-order valence-corrected chi connectivity index (χ1v) is 7.60. The first-order chi connectivity index (χ1) is 9.82. The molecule has 4 heteroatoms. The van der Waals surface area contributed by atoms with Crippen LogP contribution in [-0.4, -0.2) is 26.0 Å². The van der Waals surface area contributed by atoms with E-state index in [9.17, 15) is 0 Å². The Balaban J connectivity index is 2.21. The molecule has 0 amide bonds. The first kappa shape index (κ1) is 15.7. The average molecular weight is 289 g/mol. The van der Waals surface area contributed by atoms with Crippen LogP contribution in [0, 0.1) is 16.7 Å². The van der Waals surface area contributed by atoms with Crippen LogP contribution in [0.4, 0.5) is 5.69 Å². The minimum Gasteiger partial charge on any atom is -0.497 e. The van der Waals surface area contributed by atoms with Crippen LogP contribution in [0.15, 0.2) is 18.2 Å². The number of benzene rings is 1. The molecule has 0 aromatic heterocycles. The van der Waals surface area contributed by atoms with E-state index in [1.165, 1.54) is 12.8 Å². The average Bonchev–Trinajstić information content (AvgIpc) is 2.45. The number of nitrogens with two attached hydrogens (primary N) is 1. The summed E-state index contributed by atoms with van der Waals surface area (Å²) in [6.45, 7) is 8.98. The number of ether oxygens (including phenoxy) is 1. The van der Waals surface area contributed by atoms with Crippen LogP contribution in [0.5, 0.6) is 5.75 Å². The van der Waals surface area contributed by atoms with Gasteiger partial charge in [-0.3, -0.25) is 5.41 Å². The third kappa shape index (κ3) is 3.49. The molecule has 0 spiro atoms. The van der Waals surface area contributed by atoms with Crippen LogP contribution < -0.4 is 15.4 Å². The highest BCUT2D eigenvalue weighted by Crippen LogP contribution is 2.37. The summed E-state index contributed by atoms with van der Waals surface area (Å²) in [5, 5.41) is 7.77. The van der Waals surface area contributed by atoms with Crippen molar-refractivity contribution in [3.63, 3.8) is 0 Å². The molecule has 1 aromatic rings. The molecule has 1 fully saturated rings. The summed E-state index contributed by atoms with van der Waals surface area (Å²) in [6.07, 6.45) is 2.36. The molecule has 1 aliphatic heterocycles. The van der Waals surface area contributed by atoms with E-state index in [4.69, 9.17) is 15.9 Å². The van der Waals surface area contributed by atoms with Crippen LogP contribution in [0.2, 0.25) is 0 Å². The molecule has 0 saturated carbocycles. The second kappa shape index (κ2) is 5.96. The van der Waals surface area contributed by atoms with E-state index in [-0.39, 0.29) is 5.84 Å². The largest absolute Gasteiger partial charge is 0.497 e. The number of nitrogen functional groups attached to an aromatic ring is 1. The smallest absolute Gasteiger partial charge is 0.124 e. The predicted molar refractivity (Wildman–Crippen MR) is 88.4 cm³/mol. The van der Waals surface area contributed by atoms with E-state index in [0.717, 1.165) is 36.0 Å². The van der Waals surface area contributed by atoms with Crippen molar-refractivity contribution >= 4 is 11.5 Å². The summed E-state index contributed by atoms with van der Waals surface area (Å²) in [4.78, 5) is 2.33. The van der Waals surface area contributed by atoms with E-state index < -0.39 is 0 Å². The molecule has 116 valence electrons. The van der Waals surface area contributed by atoms with Crippen molar-refractivity contribution in [2.24, 2.45) is 17.1 Å². The Labute approximate surface area is 127 Å². The highest BCUT2D eigenvalue weighted by Gasteiger charge is 2.29. The highest BCUT2D eigenvalue weighted by molar-refractivity contribution is 6.00. The Morgan fingerprint density at radius 3 is 2.38 bits per heavy atom. The first-order valence-electron chi connectivity index (χ1n) is 7.60. The van der Waals surface area contributed by atoms with Gasteiger partial charge in [0.25, 0.3) is 0 Å². The molecule has 3 N–H and O–H groups in total. The molecule has 1 saturated heterocycles. The summed E-state index contributed by atoms with van der Waals surface area (Å²) in [6, 6.07) is 5.74. The lowest BCUT2D eigenvalue weighted by molar-refractivity contribution is 0.199. The lowest BCUT2D eigenvalue weighted by atomic mass is 9.75. The standard InChI is InChI=1S/C17H27N3O/c1-17(2,3)12-7-9-20(10-8-12)15-11-13(21-4)5-6-14(15)16(18)19/h5-6,11-12H,7-10H2,1-4H3,(H3,18,19). The number of anilines is 1. The van der Waals surface area contributed by atoms with Gasteiger partial charge in [-0.2, -0.15) is 0 Å². The summed E-state index contributed by atoms with van der Waals surface area (Å²) in [5.74, 6) is 1.68. The third-order valence-corrected chi connectivity index (χ3v) is 4.56. The number of methoxy groups -OCH3 is 1. The number of rotatable bonds is 3. The van der Waals surface area contributed by atoms with Crippen LogP contribution in [0.1, 0.15) is 39.2 Å². The number of nitrogens with zero attached hydrogens (tertiary/aromatic N) is 1. The molecular weight excluding hydrogens is 262 g/mol. The fraction of sp³-hybridized carbons (Fsp3) is 0.588. The zero-order chi connectivity index (χ0) is 15.6. The molecular formula is C17H27N3O. The Bertz CT molecular complexity index is 511. The molecule has 0 unspecified atom stereocenters. The zero-order valence-electron chi connectivity index (χ0n) is 13.6. The minimum atomic E-state index is 0.116. The molecule has 1 aromatic carbocycles. The number of nitrogens with one attached hydrogen (secondary N) is 1. The van der Waals surface area contributed by atoms with Crippen molar-refractivity contribution in [2.75, 3.05) is 25.1 Å². The summed E-state index contributed by atoms with van der Waals surface area (Å²) in [5.41, 5.74) is 7.91. The van der Waals surface area contributed by atoms with Crippen molar-refractivity contribution in [1.82, 2.24) is 0 Å². The van der Waals surface area contributed by atoms with Gasteiger partial charge in [-0.25, -0.2) is 0 Å². The van der Waals surface area contributed by atoms with Gasteiger partial charge in [-0.1, -0.05) is 20.8 Å². The number of piperidine rings is 1. The maximum atomic E-state index is 7.77. The fourth-order valence-corrected chi connectivity index (χ4v) is 3.11. The van der Waals surface area contributed by atoms with E-state index >= 15 is 0 Å². The van der Waals surface area contributed by atoms with E-state index in [1.807, 2.05) is 18.2 Å². The molecule has 0 atom stereocenters. The molecule has 0 bridgehead atoms. The summed E-state index contributed by atoms with van der Waals surface area (Å²) in [7, 11) is 1.67. The lowest BCUT2D eigenvalue weighted by Gasteiger charge is -2.40. The Morgan fingerprint density at radius 1 is 1.29 bits per heavy atom. The third-order valence-electron chi connectivity index (χ3n) is 4.56. The lowest BCUT2D eigenvalue weighted by Crippen LogP contribution is -2.38. The normalized spacial score (nSPS) is 16.9. The maximum absolute atomic E-state index is 7.77. The van der Waals surface area contributed by atoms with Gasteiger partial charge in [0.1, 0.15) is 11.6 Å². The van der Waals surface area contributed by atoms with Crippen LogP contribution in [-0.2, 0) is 0 Å². The summed E-state index contributed by atoms with van der Waals surface area (Å²) < 4.78 is 5.32. The quantitative estimate of drug-likeness (QED) is 0.663. The van der Waals surface area contributed by atoms with Crippen LogP contribution >= 0.6 is 0 Å². The Hall–Kier alpha value is -1.71. The molecule has 1 heterocycles. The highest BCUT2D eigenvalue weighted by atomic mass is 16.5. The van der Waals surface area contributed by atoms with E-state index in [1.54, 1.807) is 7.11 Å². The van der Waals surface area contributed by atoms with Crippen molar-refractivity contribution in [2.45, 2.75) is 33.6 Å². The predicted octanol–water partition coefficient (Wildman–Crippen LogP) is 3.24. The van der Waals surface area contributed by atoms with Gasteiger partial charge in [0.05, 0.1) is 12.8 Å². The number of hydrogen-bond acceptors (Lipinski definition) is 3. The Kier molecular flexibility index (Phi) is 4.45. The molecule has 1 aliphatic rings. The maximum Gasteiger partial charge on any atom is 0.124 e.